The van der Waals surface area contributed by atoms with Crippen LogP contribution >= 0.6 is 11.6 Å². The van der Waals surface area contributed by atoms with Gasteiger partial charge in [-0.2, -0.15) is 0 Å². The molecule has 0 fully saturated rings. The van der Waals surface area contributed by atoms with Crippen LogP contribution in [0.1, 0.15) is 45.2 Å². The SMILES string of the molecule is Cc1ccc2c(c1)c(C(N)C(=O)O)c1n2C[C@@](NC(=O)c2ccc(-n3cnnc3)cc2Cl)(c2ccccc2)CC1. The number of fused-ring (bicyclic) bond motifs is 3. The van der Waals surface area contributed by atoms with Crippen molar-refractivity contribution in [3.8, 4) is 5.69 Å². The molecule has 2 aromatic heterocycles. The molecule has 4 N–H and O–H groups in total. The molecule has 202 valence electrons. The standard InChI is InChI=1S/C30H27ClN6O3/c1-18-7-10-24-22(13-18)26(27(32)29(39)40)25-11-12-30(15-37(24)25,19-5-3-2-4-6-19)35-28(38)21-9-8-20(14-23(21)31)36-16-33-34-17-36/h2-10,13-14,16-17,27H,11-12,15,32H2,1H3,(H,35,38)(H,39,40)/t27?,30-/m1/s1. The van der Waals surface area contributed by atoms with E-state index in [1.54, 1.807) is 35.4 Å². The molecule has 1 aliphatic rings. The van der Waals surface area contributed by atoms with Crippen LogP contribution in [0.25, 0.3) is 16.6 Å². The Morgan fingerprint density at radius 3 is 2.52 bits per heavy atom. The summed E-state index contributed by atoms with van der Waals surface area (Å²) in [6.07, 6.45) is 4.19. The number of hydrogen-bond acceptors (Lipinski definition) is 5. The Kier molecular flexibility index (Phi) is 6.40. The van der Waals surface area contributed by atoms with E-state index in [2.05, 4.69) is 20.1 Å². The van der Waals surface area contributed by atoms with Gasteiger partial charge < -0.3 is 20.7 Å². The zero-order valence-corrected chi connectivity index (χ0v) is 22.5. The molecule has 0 radical (unpaired) electrons. The monoisotopic (exact) mass is 554 g/mol. The zero-order chi connectivity index (χ0) is 28.0. The van der Waals surface area contributed by atoms with E-state index in [1.165, 1.54) is 0 Å². The number of rotatable bonds is 6. The first-order valence-electron chi connectivity index (χ1n) is 12.9. The van der Waals surface area contributed by atoms with Crippen molar-refractivity contribution in [1.82, 2.24) is 24.6 Å². The lowest BCUT2D eigenvalue weighted by Crippen LogP contribution is -2.51. The van der Waals surface area contributed by atoms with Crippen LogP contribution in [0.15, 0.2) is 79.4 Å². The first kappa shape index (κ1) is 25.8. The van der Waals surface area contributed by atoms with Crippen molar-refractivity contribution in [1.29, 1.82) is 0 Å². The minimum Gasteiger partial charge on any atom is -0.480 e. The fourth-order valence-electron chi connectivity index (χ4n) is 5.78. The maximum Gasteiger partial charge on any atom is 0.325 e. The number of halogens is 1. The Morgan fingerprint density at radius 2 is 1.82 bits per heavy atom. The summed E-state index contributed by atoms with van der Waals surface area (Å²) in [7, 11) is 0. The topological polar surface area (TPSA) is 128 Å². The predicted octanol–water partition coefficient (Wildman–Crippen LogP) is 4.54. The molecule has 2 atom stereocenters. The van der Waals surface area contributed by atoms with Crippen molar-refractivity contribution < 1.29 is 14.7 Å². The summed E-state index contributed by atoms with van der Waals surface area (Å²) >= 11 is 6.60. The number of carbonyl (C=O) groups is 2. The zero-order valence-electron chi connectivity index (χ0n) is 21.7. The van der Waals surface area contributed by atoms with Crippen LogP contribution in [-0.2, 0) is 23.3 Å². The van der Waals surface area contributed by atoms with Gasteiger partial charge in [0.1, 0.15) is 18.7 Å². The fourth-order valence-corrected chi connectivity index (χ4v) is 6.04. The van der Waals surface area contributed by atoms with E-state index in [1.807, 2.05) is 55.5 Å². The lowest BCUT2D eigenvalue weighted by molar-refractivity contribution is -0.138. The van der Waals surface area contributed by atoms with Crippen molar-refractivity contribution in [2.24, 2.45) is 5.73 Å². The van der Waals surface area contributed by atoms with Gasteiger partial charge in [-0.15, -0.1) is 10.2 Å². The molecule has 0 bridgehead atoms. The number of carboxylic acids is 1. The number of nitrogens with zero attached hydrogens (tertiary/aromatic N) is 4. The number of aromatic nitrogens is 4. The third-order valence-electron chi connectivity index (χ3n) is 7.76. The largest absolute Gasteiger partial charge is 0.480 e. The van der Waals surface area contributed by atoms with Gasteiger partial charge in [-0.25, -0.2) is 0 Å². The van der Waals surface area contributed by atoms with Crippen molar-refractivity contribution in [3.05, 3.63) is 112 Å². The molecule has 40 heavy (non-hydrogen) atoms. The number of carbonyl (C=O) groups excluding carboxylic acids is 1. The first-order chi connectivity index (χ1) is 19.3. The van der Waals surface area contributed by atoms with Crippen LogP contribution < -0.4 is 11.1 Å². The number of hydrogen-bond donors (Lipinski definition) is 3. The van der Waals surface area contributed by atoms with Crippen LogP contribution in [-0.4, -0.2) is 36.3 Å². The van der Waals surface area contributed by atoms with Crippen LogP contribution in [0.4, 0.5) is 0 Å². The summed E-state index contributed by atoms with van der Waals surface area (Å²) in [5.41, 5.74) is 10.9. The molecule has 0 saturated carbocycles. The minimum atomic E-state index is -1.15. The Balaban J connectivity index is 1.43. The average molecular weight is 555 g/mol. The third-order valence-corrected chi connectivity index (χ3v) is 8.07. The fraction of sp³-hybridized carbons (Fsp3) is 0.200. The predicted molar refractivity (Wildman–Crippen MR) is 152 cm³/mol. The first-order valence-corrected chi connectivity index (χ1v) is 13.3. The van der Waals surface area contributed by atoms with E-state index >= 15 is 0 Å². The lowest BCUT2D eigenvalue weighted by atomic mass is 9.81. The Morgan fingerprint density at radius 1 is 1.07 bits per heavy atom. The minimum absolute atomic E-state index is 0.303. The van der Waals surface area contributed by atoms with Crippen molar-refractivity contribution >= 4 is 34.4 Å². The van der Waals surface area contributed by atoms with Crippen LogP contribution in [0.2, 0.25) is 5.02 Å². The highest BCUT2D eigenvalue weighted by Crippen LogP contribution is 2.41. The molecule has 3 heterocycles. The number of amides is 1. The molecule has 0 saturated heterocycles. The summed E-state index contributed by atoms with van der Waals surface area (Å²) < 4.78 is 3.82. The molecule has 9 nitrogen and oxygen atoms in total. The van der Waals surface area contributed by atoms with E-state index in [9.17, 15) is 14.7 Å². The van der Waals surface area contributed by atoms with Gasteiger partial charge in [0.25, 0.3) is 5.91 Å². The number of aliphatic carboxylic acids is 1. The second-order valence-corrected chi connectivity index (χ2v) is 10.6. The van der Waals surface area contributed by atoms with E-state index < -0.39 is 17.6 Å². The van der Waals surface area contributed by atoms with Gasteiger partial charge in [-0.1, -0.05) is 53.6 Å². The molecule has 1 unspecified atom stereocenters. The summed E-state index contributed by atoms with van der Waals surface area (Å²) in [6, 6.07) is 19.9. The van der Waals surface area contributed by atoms with Gasteiger partial charge in [0.2, 0.25) is 0 Å². The molecule has 6 rings (SSSR count). The molecule has 1 aliphatic heterocycles. The van der Waals surface area contributed by atoms with Crippen molar-refractivity contribution in [2.75, 3.05) is 0 Å². The van der Waals surface area contributed by atoms with Gasteiger partial charge >= 0.3 is 5.97 Å². The number of nitrogens with two attached hydrogens (primary N) is 1. The van der Waals surface area contributed by atoms with Crippen LogP contribution in [0, 0.1) is 6.92 Å². The molecule has 3 aromatic carbocycles. The van der Waals surface area contributed by atoms with Gasteiger partial charge in [0.05, 0.1) is 22.7 Å². The van der Waals surface area contributed by atoms with E-state index in [4.69, 9.17) is 17.3 Å². The molecular weight excluding hydrogens is 528 g/mol. The van der Waals surface area contributed by atoms with Gasteiger partial charge in [0.15, 0.2) is 0 Å². The molecule has 10 heteroatoms. The molecular formula is C30H27ClN6O3. The maximum atomic E-state index is 13.8. The van der Waals surface area contributed by atoms with Gasteiger partial charge in [0, 0.05) is 27.8 Å². The quantitative estimate of drug-likeness (QED) is 0.283. The van der Waals surface area contributed by atoms with Crippen molar-refractivity contribution in [2.45, 2.75) is 37.9 Å². The molecule has 1 amide bonds. The molecule has 0 spiro atoms. The van der Waals surface area contributed by atoms with E-state index in [-0.39, 0.29) is 5.91 Å². The highest BCUT2D eigenvalue weighted by molar-refractivity contribution is 6.34. The van der Waals surface area contributed by atoms with Gasteiger partial charge in [-0.3, -0.25) is 14.2 Å². The smallest absolute Gasteiger partial charge is 0.325 e. The van der Waals surface area contributed by atoms with Crippen LogP contribution in [0.5, 0.6) is 0 Å². The van der Waals surface area contributed by atoms with Crippen LogP contribution in [0.3, 0.4) is 0 Å². The summed E-state index contributed by atoms with van der Waals surface area (Å²) in [5, 5.41) is 21.9. The van der Waals surface area contributed by atoms with Gasteiger partial charge in [-0.05, 0) is 55.7 Å². The summed E-state index contributed by atoms with van der Waals surface area (Å²) in [6.45, 7) is 2.37. The molecule has 0 aliphatic carbocycles. The Labute approximate surface area is 235 Å². The van der Waals surface area contributed by atoms with Crippen molar-refractivity contribution in [3.63, 3.8) is 0 Å². The maximum absolute atomic E-state index is 13.8. The number of nitrogens with one attached hydrogen (secondary N) is 1. The Hall–Kier alpha value is -4.47. The Bertz CT molecular complexity index is 1750. The normalized spacial score (nSPS) is 17.4. The average Bonchev–Trinajstić information content (AvgIpc) is 3.59. The third kappa shape index (κ3) is 4.33. The second-order valence-electron chi connectivity index (χ2n) is 10.2. The van der Waals surface area contributed by atoms with E-state index in [0.29, 0.717) is 35.5 Å². The number of carboxylic acid groups (broad SMARTS) is 1. The second kappa shape index (κ2) is 9.93. The highest BCUT2D eigenvalue weighted by atomic mass is 35.5. The number of benzene rings is 3. The molecule has 5 aromatic rings. The highest BCUT2D eigenvalue weighted by Gasteiger charge is 2.41. The van der Waals surface area contributed by atoms with E-state index in [0.717, 1.165) is 33.4 Å². The summed E-state index contributed by atoms with van der Waals surface area (Å²) in [5.74, 6) is -1.38. The number of aryl methyl sites for hydroxylation is 1. The lowest BCUT2D eigenvalue weighted by Gasteiger charge is -2.40. The summed E-state index contributed by atoms with van der Waals surface area (Å²) in [4.78, 5) is 25.8.